The van der Waals surface area contributed by atoms with Gasteiger partial charge in [0, 0.05) is 5.41 Å². The number of hydrogen-bond donors (Lipinski definition) is 1. The number of ether oxygens (including phenoxy) is 2. The zero-order valence-corrected chi connectivity index (χ0v) is 15.9. The number of amides is 1. The summed E-state index contributed by atoms with van der Waals surface area (Å²) >= 11 is 0. The molecule has 1 rings (SSSR count). The normalized spacial score (nSPS) is 21.5. The molecule has 0 saturated carbocycles. The molecule has 1 aliphatic heterocycles. The summed E-state index contributed by atoms with van der Waals surface area (Å²) in [5, 5.41) is 0. The molecule has 0 aliphatic carbocycles. The topological polar surface area (TPSA) is 81.9 Å². The van der Waals surface area contributed by atoms with Gasteiger partial charge in [0.15, 0.2) is 0 Å². The van der Waals surface area contributed by atoms with E-state index in [-0.39, 0.29) is 23.4 Å². The summed E-state index contributed by atoms with van der Waals surface area (Å²) < 4.78 is 10.6. The highest BCUT2D eigenvalue weighted by atomic mass is 16.6. The van der Waals surface area contributed by atoms with Crippen molar-refractivity contribution in [2.45, 2.75) is 67.9 Å². The van der Waals surface area contributed by atoms with Crippen LogP contribution in [0.15, 0.2) is 0 Å². The van der Waals surface area contributed by atoms with Gasteiger partial charge in [-0.25, -0.2) is 0 Å². The Morgan fingerprint density at radius 3 is 1.91 bits per heavy atom. The third kappa shape index (κ3) is 4.06. The molecule has 1 fully saturated rings. The van der Waals surface area contributed by atoms with Crippen molar-refractivity contribution in [3.05, 3.63) is 0 Å². The van der Waals surface area contributed by atoms with Crippen molar-refractivity contribution in [1.29, 1.82) is 0 Å². The standard InChI is InChI=1S/C18H33NO4/c1-15(2,3)18(8,14(21)23-10-12-9-22-12)11-16(4,5)17(6,7)13(19)20/h12H,9-11H2,1-8H3,(H2,19,20). The summed E-state index contributed by atoms with van der Waals surface area (Å²) in [4.78, 5) is 24.7. The predicted molar refractivity (Wildman–Crippen MR) is 89.6 cm³/mol. The van der Waals surface area contributed by atoms with Gasteiger partial charge in [0.05, 0.1) is 12.0 Å². The zero-order chi connectivity index (χ0) is 18.3. The summed E-state index contributed by atoms with van der Waals surface area (Å²) in [6.07, 6.45) is 0.544. The van der Waals surface area contributed by atoms with E-state index < -0.39 is 16.2 Å². The minimum absolute atomic E-state index is 0.0400. The Morgan fingerprint density at radius 2 is 1.57 bits per heavy atom. The second-order valence-electron chi connectivity index (χ2n) is 9.19. The number of rotatable bonds is 7. The van der Waals surface area contributed by atoms with Crippen LogP contribution >= 0.6 is 0 Å². The number of carbonyl (C=O) groups is 2. The first-order valence-electron chi connectivity index (χ1n) is 8.24. The molecule has 2 atom stereocenters. The minimum Gasteiger partial charge on any atom is -0.462 e. The Kier molecular flexibility index (Phi) is 5.27. The predicted octanol–water partition coefficient (Wildman–Crippen LogP) is 2.91. The van der Waals surface area contributed by atoms with Crippen molar-refractivity contribution in [2.24, 2.45) is 27.4 Å². The van der Waals surface area contributed by atoms with E-state index in [0.29, 0.717) is 19.6 Å². The fourth-order valence-corrected chi connectivity index (χ4v) is 2.57. The minimum atomic E-state index is -0.738. The molecule has 1 saturated heterocycles. The van der Waals surface area contributed by atoms with Crippen molar-refractivity contribution in [2.75, 3.05) is 13.2 Å². The van der Waals surface area contributed by atoms with Crippen LogP contribution in [0.1, 0.15) is 61.8 Å². The Morgan fingerprint density at radius 1 is 1.09 bits per heavy atom. The van der Waals surface area contributed by atoms with E-state index in [1.165, 1.54) is 0 Å². The summed E-state index contributed by atoms with van der Waals surface area (Å²) in [7, 11) is 0. The third-order valence-corrected chi connectivity index (χ3v) is 6.01. The number of nitrogens with two attached hydrogens (primary N) is 1. The molecule has 0 spiro atoms. The number of primary amides is 1. The SMILES string of the molecule is CC(C)(C)C(C)(CC(C)(C)C(C)(C)C(N)=O)C(=O)OCC1CO1. The number of esters is 1. The molecule has 2 N–H and O–H groups in total. The molecule has 5 heteroatoms. The van der Waals surface area contributed by atoms with Crippen LogP contribution in [0.4, 0.5) is 0 Å². The highest BCUT2D eigenvalue weighted by Crippen LogP contribution is 2.53. The van der Waals surface area contributed by atoms with Gasteiger partial charge in [0.1, 0.15) is 12.7 Å². The van der Waals surface area contributed by atoms with Gasteiger partial charge in [0.2, 0.25) is 5.91 Å². The first kappa shape index (κ1) is 19.9. The van der Waals surface area contributed by atoms with Crippen LogP contribution in [-0.2, 0) is 19.1 Å². The molecule has 1 heterocycles. The number of epoxide rings is 1. The van der Waals surface area contributed by atoms with E-state index in [1.54, 1.807) is 0 Å². The number of hydrogen-bond acceptors (Lipinski definition) is 4. The Balaban J connectivity index is 3.05. The maximum absolute atomic E-state index is 12.8. The van der Waals surface area contributed by atoms with Gasteiger partial charge in [-0.2, -0.15) is 0 Å². The monoisotopic (exact) mass is 327 g/mol. The van der Waals surface area contributed by atoms with E-state index in [0.717, 1.165) is 0 Å². The van der Waals surface area contributed by atoms with E-state index in [1.807, 2.05) is 55.4 Å². The van der Waals surface area contributed by atoms with Gasteiger partial charge < -0.3 is 15.2 Å². The first-order chi connectivity index (χ1) is 10.1. The van der Waals surface area contributed by atoms with Gasteiger partial charge in [-0.3, -0.25) is 9.59 Å². The van der Waals surface area contributed by atoms with E-state index in [2.05, 4.69) is 0 Å². The van der Waals surface area contributed by atoms with Gasteiger partial charge in [-0.15, -0.1) is 0 Å². The van der Waals surface area contributed by atoms with Gasteiger partial charge >= 0.3 is 5.97 Å². The Labute approximate surface area is 140 Å². The van der Waals surface area contributed by atoms with E-state index in [4.69, 9.17) is 15.2 Å². The second-order valence-corrected chi connectivity index (χ2v) is 9.19. The van der Waals surface area contributed by atoms with Crippen molar-refractivity contribution < 1.29 is 19.1 Å². The third-order valence-electron chi connectivity index (χ3n) is 6.01. The second kappa shape index (κ2) is 6.08. The summed E-state index contributed by atoms with van der Waals surface area (Å²) in [5.41, 5.74) is 3.34. The summed E-state index contributed by atoms with van der Waals surface area (Å²) in [5.74, 6) is -0.604. The zero-order valence-electron chi connectivity index (χ0n) is 15.9. The van der Waals surface area contributed by atoms with Crippen LogP contribution in [0.5, 0.6) is 0 Å². The van der Waals surface area contributed by atoms with Crippen molar-refractivity contribution >= 4 is 11.9 Å². The van der Waals surface area contributed by atoms with Crippen LogP contribution in [0.25, 0.3) is 0 Å². The first-order valence-corrected chi connectivity index (χ1v) is 8.24. The Bertz CT molecular complexity index is 472. The lowest BCUT2D eigenvalue weighted by Crippen LogP contribution is -2.51. The van der Waals surface area contributed by atoms with Crippen molar-refractivity contribution in [3.8, 4) is 0 Å². The molecule has 0 radical (unpaired) electrons. The van der Waals surface area contributed by atoms with Crippen LogP contribution in [0.3, 0.4) is 0 Å². The molecule has 0 aromatic rings. The average molecular weight is 327 g/mol. The fourth-order valence-electron chi connectivity index (χ4n) is 2.57. The van der Waals surface area contributed by atoms with E-state index in [9.17, 15) is 9.59 Å². The fraction of sp³-hybridized carbons (Fsp3) is 0.889. The number of carbonyl (C=O) groups excluding carboxylic acids is 2. The Hall–Kier alpha value is -1.10. The van der Waals surface area contributed by atoms with Crippen LogP contribution in [0, 0.1) is 21.7 Å². The highest BCUT2D eigenvalue weighted by molar-refractivity contribution is 5.81. The van der Waals surface area contributed by atoms with Gasteiger partial charge in [-0.05, 0) is 24.2 Å². The molecular formula is C18H33NO4. The van der Waals surface area contributed by atoms with E-state index >= 15 is 0 Å². The smallest absolute Gasteiger partial charge is 0.312 e. The van der Waals surface area contributed by atoms with Crippen LogP contribution in [-0.4, -0.2) is 31.2 Å². The summed E-state index contributed by atoms with van der Waals surface area (Å²) in [6, 6.07) is 0. The molecule has 5 nitrogen and oxygen atoms in total. The molecule has 2 unspecified atom stereocenters. The maximum Gasteiger partial charge on any atom is 0.312 e. The molecule has 0 aromatic heterocycles. The van der Waals surface area contributed by atoms with Gasteiger partial charge in [-0.1, -0.05) is 48.5 Å². The molecular weight excluding hydrogens is 294 g/mol. The van der Waals surface area contributed by atoms with Crippen molar-refractivity contribution in [1.82, 2.24) is 0 Å². The molecule has 0 aromatic carbocycles. The maximum atomic E-state index is 12.8. The lowest BCUT2D eigenvalue weighted by atomic mass is 9.55. The lowest BCUT2D eigenvalue weighted by Gasteiger charge is -2.48. The van der Waals surface area contributed by atoms with Gasteiger partial charge in [0.25, 0.3) is 0 Å². The van der Waals surface area contributed by atoms with Crippen LogP contribution < -0.4 is 5.73 Å². The summed E-state index contributed by atoms with van der Waals surface area (Å²) in [6.45, 7) is 16.6. The average Bonchev–Trinajstić information content (AvgIpc) is 3.17. The largest absolute Gasteiger partial charge is 0.462 e. The molecule has 134 valence electrons. The molecule has 1 amide bonds. The molecule has 23 heavy (non-hydrogen) atoms. The highest BCUT2D eigenvalue weighted by Gasteiger charge is 2.53. The molecule has 0 bridgehead atoms. The lowest BCUT2D eigenvalue weighted by molar-refractivity contribution is -0.168. The van der Waals surface area contributed by atoms with Crippen LogP contribution in [0.2, 0.25) is 0 Å². The quantitative estimate of drug-likeness (QED) is 0.576. The van der Waals surface area contributed by atoms with Crippen molar-refractivity contribution in [3.63, 3.8) is 0 Å². The molecule has 1 aliphatic rings.